The number of pyridine rings is 1. The van der Waals surface area contributed by atoms with Crippen LogP contribution in [0.4, 0.5) is 4.39 Å². The molecular weight excluding hydrogens is 405 g/mol. The van der Waals surface area contributed by atoms with E-state index in [-0.39, 0.29) is 17.8 Å². The zero-order valence-electron chi connectivity index (χ0n) is 17.6. The summed E-state index contributed by atoms with van der Waals surface area (Å²) in [5.74, 6) is -0.720. The molecule has 0 aliphatic rings. The van der Waals surface area contributed by atoms with Gasteiger partial charge in [-0.05, 0) is 54.4 Å². The summed E-state index contributed by atoms with van der Waals surface area (Å²) < 4.78 is 19.4. The molecule has 4 rings (SSSR count). The van der Waals surface area contributed by atoms with Crippen LogP contribution in [0.1, 0.15) is 32.7 Å². The molecule has 0 fully saturated rings. The number of halogens is 1. The minimum absolute atomic E-state index is 0.123. The Morgan fingerprint density at radius 3 is 2.41 bits per heavy atom. The molecule has 0 saturated heterocycles. The SMILES string of the molecule is Cc1ccc(OCc2ccccc2)c(-c2ccc(C(=O)O)c(Cc3ccc(F)cc3)n2)c1. The maximum absolute atomic E-state index is 13.3. The maximum atomic E-state index is 13.3. The monoisotopic (exact) mass is 427 g/mol. The number of ether oxygens (including phenoxy) is 1. The lowest BCUT2D eigenvalue weighted by molar-refractivity contribution is 0.0695. The molecular formula is C27H22FNO3. The van der Waals surface area contributed by atoms with Gasteiger partial charge >= 0.3 is 5.97 Å². The van der Waals surface area contributed by atoms with E-state index in [9.17, 15) is 14.3 Å². The Hall–Kier alpha value is -3.99. The first-order chi connectivity index (χ1) is 15.5. The Morgan fingerprint density at radius 1 is 0.938 bits per heavy atom. The number of carbonyl (C=O) groups is 1. The second-order valence-corrected chi connectivity index (χ2v) is 7.57. The molecule has 1 N–H and O–H groups in total. The Kier molecular flexibility index (Phi) is 6.26. The number of nitrogens with zero attached hydrogens (tertiary/aromatic N) is 1. The van der Waals surface area contributed by atoms with Gasteiger partial charge in [-0.2, -0.15) is 0 Å². The highest BCUT2D eigenvalue weighted by Gasteiger charge is 2.16. The van der Waals surface area contributed by atoms with E-state index in [1.165, 1.54) is 12.1 Å². The van der Waals surface area contributed by atoms with Crippen molar-refractivity contribution in [3.63, 3.8) is 0 Å². The zero-order chi connectivity index (χ0) is 22.5. The summed E-state index contributed by atoms with van der Waals surface area (Å²) in [5, 5.41) is 9.63. The molecule has 5 heteroatoms. The lowest BCUT2D eigenvalue weighted by Crippen LogP contribution is -2.07. The number of carboxylic acid groups (broad SMARTS) is 1. The lowest BCUT2D eigenvalue weighted by atomic mass is 10.0. The van der Waals surface area contributed by atoms with Gasteiger partial charge in [0.05, 0.1) is 17.0 Å². The van der Waals surface area contributed by atoms with E-state index in [2.05, 4.69) is 4.98 Å². The molecule has 0 atom stereocenters. The van der Waals surface area contributed by atoms with Crippen molar-refractivity contribution in [3.05, 3.63) is 119 Å². The minimum Gasteiger partial charge on any atom is -0.488 e. The highest BCUT2D eigenvalue weighted by atomic mass is 19.1. The van der Waals surface area contributed by atoms with Gasteiger partial charge in [-0.15, -0.1) is 0 Å². The maximum Gasteiger partial charge on any atom is 0.337 e. The van der Waals surface area contributed by atoms with Crippen LogP contribution in [-0.4, -0.2) is 16.1 Å². The first-order valence-electron chi connectivity index (χ1n) is 10.2. The fraction of sp³-hybridized carbons (Fsp3) is 0.111. The summed E-state index contributed by atoms with van der Waals surface area (Å²) in [4.78, 5) is 16.5. The molecule has 4 nitrogen and oxygen atoms in total. The summed E-state index contributed by atoms with van der Waals surface area (Å²) in [6.07, 6.45) is 0.280. The third-order valence-electron chi connectivity index (χ3n) is 5.14. The molecule has 0 spiro atoms. The zero-order valence-corrected chi connectivity index (χ0v) is 17.6. The lowest BCUT2D eigenvalue weighted by Gasteiger charge is -2.14. The van der Waals surface area contributed by atoms with Crippen LogP contribution in [0.5, 0.6) is 5.75 Å². The Balaban J connectivity index is 1.70. The van der Waals surface area contributed by atoms with Crippen LogP contribution < -0.4 is 4.74 Å². The van der Waals surface area contributed by atoms with E-state index in [1.807, 2.05) is 55.5 Å². The third-order valence-corrected chi connectivity index (χ3v) is 5.14. The minimum atomic E-state index is -1.05. The van der Waals surface area contributed by atoms with E-state index in [0.29, 0.717) is 23.7 Å². The standard InChI is InChI=1S/C27H22FNO3/c1-18-7-14-26(32-17-20-5-3-2-4-6-20)23(15-18)24-13-12-22(27(30)31)25(29-24)16-19-8-10-21(28)11-9-19/h2-15H,16-17H2,1H3,(H,30,31). The van der Waals surface area contributed by atoms with Gasteiger partial charge in [0.25, 0.3) is 0 Å². The van der Waals surface area contributed by atoms with Gasteiger partial charge in [-0.1, -0.05) is 54.1 Å². The molecule has 32 heavy (non-hydrogen) atoms. The second kappa shape index (κ2) is 9.43. The Morgan fingerprint density at radius 2 is 1.69 bits per heavy atom. The summed E-state index contributed by atoms with van der Waals surface area (Å²) in [6.45, 7) is 2.39. The van der Waals surface area contributed by atoms with Crippen LogP contribution in [0, 0.1) is 12.7 Å². The van der Waals surface area contributed by atoms with Crippen LogP contribution in [0.15, 0.2) is 84.9 Å². The average Bonchev–Trinajstić information content (AvgIpc) is 2.80. The van der Waals surface area contributed by atoms with Gasteiger partial charge in [-0.3, -0.25) is 4.98 Å². The van der Waals surface area contributed by atoms with Crippen LogP contribution in [0.3, 0.4) is 0 Å². The highest BCUT2D eigenvalue weighted by molar-refractivity contribution is 5.89. The molecule has 160 valence electrons. The van der Waals surface area contributed by atoms with Gasteiger partial charge in [0.2, 0.25) is 0 Å². The average molecular weight is 427 g/mol. The normalized spacial score (nSPS) is 10.7. The van der Waals surface area contributed by atoms with E-state index in [4.69, 9.17) is 4.74 Å². The van der Waals surface area contributed by atoms with Crippen molar-refractivity contribution in [2.24, 2.45) is 0 Å². The first kappa shape index (κ1) is 21.2. The summed E-state index contributed by atoms with van der Waals surface area (Å²) >= 11 is 0. The van der Waals surface area contributed by atoms with E-state index in [1.54, 1.807) is 24.3 Å². The van der Waals surface area contributed by atoms with Crippen molar-refractivity contribution in [2.45, 2.75) is 20.0 Å². The van der Waals surface area contributed by atoms with Gasteiger partial charge in [0.1, 0.15) is 18.2 Å². The van der Waals surface area contributed by atoms with Crippen molar-refractivity contribution >= 4 is 5.97 Å². The largest absolute Gasteiger partial charge is 0.488 e. The number of aromatic nitrogens is 1. The quantitative estimate of drug-likeness (QED) is 0.389. The predicted molar refractivity (Wildman–Crippen MR) is 121 cm³/mol. The topological polar surface area (TPSA) is 59.4 Å². The number of carboxylic acids is 1. The summed E-state index contributed by atoms with van der Waals surface area (Å²) in [5.41, 5.74) is 4.82. The fourth-order valence-electron chi connectivity index (χ4n) is 3.48. The van der Waals surface area contributed by atoms with Crippen molar-refractivity contribution in [1.82, 2.24) is 4.98 Å². The molecule has 1 heterocycles. The van der Waals surface area contributed by atoms with E-state index < -0.39 is 5.97 Å². The summed E-state index contributed by atoms with van der Waals surface area (Å²) in [7, 11) is 0. The predicted octanol–water partition coefficient (Wildman–Crippen LogP) is 6.06. The van der Waals surface area contributed by atoms with Crippen LogP contribution in [0.25, 0.3) is 11.3 Å². The number of benzene rings is 3. The fourth-order valence-corrected chi connectivity index (χ4v) is 3.48. The van der Waals surface area contributed by atoms with Crippen LogP contribution in [-0.2, 0) is 13.0 Å². The number of hydrogen-bond acceptors (Lipinski definition) is 3. The second-order valence-electron chi connectivity index (χ2n) is 7.57. The van der Waals surface area contributed by atoms with Crippen molar-refractivity contribution in [1.29, 1.82) is 0 Å². The first-order valence-corrected chi connectivity index (χ1v) is 10.2. The van der Waals surface area contributed by atoms with Crippen molar-refractivity contribution in [3.8, 4) is 17.0 Å². The van der Waals surface area contributed by atoms with Gasteiger partial charge < -0.3 is 9.84 Å². The summed E-state index contributed by atoms with van der Waals surface area (Å²) in [6, 6.07) is 25.0. The molecule has 0 aliphatic carbocycles. The molecule has 3 aromatic carbocycles. The number of rotatable bonds is 7. The molecule has 0 radical (unpaired) electrons. The van der Waals surface area contributed by atoms with Gasteiger partial charge in [-0.25, -0.2) is 9.18 Å². The van der Waals surface area contributed by atoms with Gasteiger partial charge in [0.15, 0.2) is 0 Å². The Bertz CT molecular complexity index is 1240. The molecule has 4 aromatic rings. The van der Waals surface area contributed by atoms with Crippen LogP contribution in [0.2, 0.25) is 0 Å². The highest BCUT2D eigenvalue weighted by Crippen LogP contribution is 2.31. The van der Waals surface area contributed by atoms with Gasteiger partial charge in [0, 0.05) is 12.0 Å². The number of aryl methyl sites for hydroxylation is 1. The van der Waals surface area contributed by atoms with Crippen molar-refractivity contribution in [2.75, 3.05) is 0 Å². The molecule has 0 saturated carbocycles. The van der Waals surface area contributed by atoms with Crippen LogP contribution >= 0.6 is 0 Å². The third kappa shape index (κ3) is 5.01. The molecule has 1 aromatic heterocycles. The van der Waals surface area contributed by atoms with E-state index in [0.717, 1.165) is 22.3 Å². The molecule has 0 amide bonds. The smallest absolute Gasteiger partial charge is 0.337 e. The molecule has 0 unspecified atom stereocenters. The van der Waals surface area contributed by atoms with Crippen molar-refractivity contribution < 1.29 is 19.0 Å². The molecule has 0 bridgehead atoms. The number of aromatic carboxylic acids is 1. The number of hydrogen-bond donors (Lipinski definition) is 1. The molecule has 0 aliphatic heterocycles. The van der Waals surface area contributed by atoms with E-state index >= 15 is 0 Å². The Labute approximate surface area is 186 Å².